The first kappa shape index (κ1) is 13.7. The van der Waals surface area contributed by atoms with Gasteiger partial charge in [-0.15, -0.1) is 0 Å². The number of halogens is 1. The second-order valence-electron chi connectivity index (χ2n) is 4.66. The molecule has 0 aliphatic carbocycles. The lowest BCUT2D eigenvalue weighted by Gasteiger charge is -2.09. The largest absolute Gasteiger partial charge is 0.490 e. The van der Waals surface area contributed by atoms with Gasteiger partial charge in [0.25, 0.3) is 0 Å². The number of aryl methyl sites for hydroxylation is 2. The second kappa shape index (κ2) is 4.93. The highest BCUT2D eigenvalue weighted by atomic mass is 35.5. The summed E-state index contributed by atoms with van der Waals surface area (Å²) < 4.78 is 12.7. The molecule has 21 heavy (non-hydrogen) atoms. The molecule has 0 atom stereocenters. The predicted octanol–water partition coefficient (Wildman–Crippen LogP) is 3.16. The molecule has 0 unspecified atom stereocenters. The van der Waals surface area contributed by atoms with Gasteiger partial charge in [0.1, 0.15) is 5.39 Å². The van der Waals surface area contributed by atoms with E-state index in [4.69, 9.17) is 20.8 Å². The van der Waals surface area contributed by atoms with Gasteiger partial charge in [0, 0.05) is 12.6 Å². The molecule has 0 aliphatic heterocycles. The average Bonchev–Trinajstić information content (AvgIpc) is 2.74. The number of rotatable bonds is 2. The molecule has 0 bridgehead atoms. The van der Waals surface area contributed by atoms with E-state index in [0.29, 0.717) is 33.1 Å². The molecule has 0 saturated carbocycles. The van der Waals surface area contributed by atoms with Gasteiger partial charge in [-0.1, -0.05) is 23.7 Å². The number of hydrogen-bond donors (Lipinski definition) is 0. The van der Waals surface area contributed by atoms with Crippen LogP contribution in [0.5, 0.6) is 5.75 Å². The molecule has 3 rings (SSSR count). The molecule has 108 valence electrons. The van der Waals surface area contributed by atoms with E-state index >= 15 is 0 Å². The molecular formula is C15H13ClN2O3. The summed E-state index contributed by atoms with van der Waals surface area (Å²) in [5.41, 5.74) is 1.35. The van der Waals surface area contributed by atoms with E-state index in [2.05, 4.69) is 5.10 Å². The van der Waals surface area contributed by atoms with Gasteiger partial charge in [-0.25, -0.2) is 4.68 Å². The Bertz CT molecular complexity index is 896. The number of aromatic nitrogens is 2. The molecule has 0 saturated heterocycles. The van der Waals surface area contributed by atoms with Crippen molar-refractivity contribution < 1.29 is 9.15 Å². The minimum Gasteiger partial charge on any atom is -0.490 e. The van der Waals surface area contributed by atoms with Crippen LogP contribution in [0.25, 0.3) is 22.4 Å². The van der Waals surface area contributed by atoms with Crippen LogP contribution in [0.4, 0.5) is 0 Å². The van der Waals surface area contributed by atoms with Crippen molar-refractivity contribution in [3.8, 4) is 17.1 Å². The van der Waals surface area contributed by atoms with E-state index in [1.165, 1.54) is 11.8 Å². The van der Waals surface area contributed by atoms with Crippen molar-refractivity contribution in [1.29, 1.82) is 0 Å². The normalized spacial score (nSPS) is 11.0. The van der Waals surface area contributed by atoms with Crippen LogP contribution >= 0.6 is 11.6 Å². The Balaban J connectivity index is 2.46. The maximum atomic E-state index is 12.6. The zero-order chi connectivity index (χ0) is 15.1. The van der Waals surface area contributed by atoms with Crippen LogP contribution in [0, 0.1) is 6.92 Å². The highest BCUT2D eigenvalue weighted by Crippen LogP contribution is 2.35. The van der Waals surface area contributed by atoms with Crippen molar-refractivity contribution in [2.24, 2.45) is 7.05 Å². The third kappa shape index (κ3) is 2.01. The van der Waals surface area contributed by atoms with Crippen LogP contribution in [0.3, 0.4) is 0 Å². The van der Waals surface area contributed by atoms with E-state index in [9.17, 15) is 4.79 Å². The Hall–Kier alpha value is -2.27. The standard InChI is InChI=1S/C15H13ClN2O3/c1-8-11-12(19)14(20-3)13(21-15(11)18(2)17-8)9-6-4-5-7-10(9)16/h4-7H,1-3H3. The van der Waals surface area contributed by atoms with E-state index in [1.807, 2.05) is 12.1 Å². The monoisotopic (exact) mass is 304 g/mol. The van der Waals surface area contributed by atoms with Gasteiger partial charge in [0.05, 0.1) is 17.8 Å². The Morgan fingerprint density at radius 3 is 2.71 bits per heavy atom. The molecule has 6 heteroatoms. The van der Waals surface area contributed by atoms with Crippen molar-refractivity contribution >= 4 is 22.7 Å². The van der Waals surface area contributed by atoms with Gasteiger partial charge >= 0.3 is 0 Å². The summed E-state index contributed by atoms with van der Waals surface area (Å²) in [5.74, 6) is 0.440. The van der Waals surface area contributed by atoms with Gasteiger partial charge in [-0.3, -0.25) is 4.79 Å². The Morgan fingerprint density at radius 1 is 1.33 bits per heavy atom. The second-order valence-corrected chi connectivity index (χ2v) is 5.07. The summed E-state index contributed by atoms with van der Waals surface area (Å²) in [7, 11) is 3.16. The zero-order valence-electron chi connectivity index (χ0n) is 11.8. The topological polar surface area (TPSA) is 57.3 Å². The summed E-state index contributed by atoms with van der Waals surface area (Å²) in [6.07, 6.45) is 0. The van der Waals surface area contributed by atoms with Crippen LogP contribution in [0.15, 0.2) is 33.5 Å². The average molecular weight is 305 g/mol. The minimum absolute atomic E-state index is 0.131. The maximum Gasteiger partial charge on any atom is 0.238 e. The Kier molecular flexibility index (Phi) is 3.22. The fourth-order valence-corrected chi connectivity index (χ4v) is 2.60. The SMILES string of the molecule is COc1c(-c2ccccc2Cl)oc2c(c(C)nn2C)c1=O. The van der Waals surface area contributed by atoms with E-state index in [-0.39, 0.29) is 11.2 Å². The van der Waals surface area contributed by atoms with Crippen LogP contribution in [0.1, 0.15) is 5.69 Å². The Morgan fingerprint density at radius 2 is 2.05 bits per heavy atom. The summed E-state index contributed by atoms with van der Waals surface area (Å²) in [5, 5.41) is 5.12. The first-order chi connectivity index (χ1) is 10.0. The summed E-state index contributed by atoms with van der Waals surface area (Å²) in [6, 6.07) is 7.13. The lowest BCUT2D eigenvalue weighted by atomic mass is 10.1. The molecular weight excluding hydrogens is 292 g/mol. The van der Waals surface area contributed by atoms with Gasteiger partial charge in [0.2, 0.25) is 16.9 Å². The van der Waals surface area contributed by atoms with Gasteiger partial charge < -0.3 is 9.15 Å². The van der Waals surface area contributed by atoms with Gasteiger partial charge in [0.15, 0.2) is 5.76 Å². The Labute approximate surface area is 125 Å². The number of methoxy groups -OCH3 is 1. The fraction of sp³-hybridized carbons (Fsp3) is 0.200. The molecule has 0 N–H and O–H groups in total. The van der Waals surface area contributed by atoms with Crippen molar-refractivity contribution in [3.63, 3.8) is 0 Å². The van der Waals surface area contributed by atoms with Crippen LogP contribution in [0.2, 0.25) is 5.02 Å². The molecule has 5 nitrogen and oxygen atoms in total. The lowest BCUT2D eigenvalue weighted by Crippen LogP contribution is -2.08. The molecule has 0 aliphatic rings. The number of nitrogens with zero attached hydrogens (tertiary/aromatic N) is 2. The van der Waals surface area contributed by atoms with Crippen LogP contribution < -0.4 is 10.2 Å². The number of benzene rings is 1. The molecule has 3 aromatic rings. The first-order valence-corrected chi connectivity index (χ1v) is 6.71. The third-order valence-corrected chi connectivity index (χ3v) is 3.66. The minimum atomic E-state index is -0.251. The summed E-state index contributed by atoms with van der Waals surface area (Å²) in [6.45, 7) is 1.76. The van der Waals surface area contributed by atoms with E-state index in [0.717, 1.165) is 0 Å². The molecule has 2 aromatic heterocycles. The maximum absolute atomic E-state index is 12.6. The first-order valence-electron chi connectivity index (χ1n) is 6.34. The van der Waals surface area contributed by atoms with E-state index < -0.39 is 0 Å². The van der Waals surface area contributed by atoms with Gasteiger partial charge in [-0.05, 0) is 19.1 Å². The number of hydrogen-bond acceptors (Lipinski definition) is 4. The van der Waals surface area contributed by atoms with Crippen molar-refractivity contribution in [2.75, 3.05) is 7.11 Å². The molecule has 2 heterocycles. The fourth-order valence-electron chi connectivity index (χ4n) is 2.38. The highest BCUT2D eigenvalue weighted by molar-refractivity contribution is 6.33. The van der Waals surface area contributed by atoms with E-state index in [1.54, 1.807) is 26.1 Å². The quantitative estimate of drug-likeness (QED) is 0.729. The molecule has 0 fully saturated rings. The molecule has 0 amide bonds. The third-order valence-electron chi connectivity index (χ3n) is 3.33. The number of fused-ring (bicyclic) bond motifs is 1. The smallest absolute Gasteiger partial charge is 0.238 e. The van der Waals surface area contributed by atoms with Crippen LogP contribution in [-0.2, 0) is 7.05 Å². The molecule has 1 aromatic carbocycles. The molecule has 0 spiro atoms. The summed E-state index contributed by atoms with van der Waals surface area (Å²) >= 11 is 6.20. The van der Waals surface area contributed by atoms with Crippen molar-refractivity contribution in [1.82, 2.24) is 9.78 Å². The molecule has 0 radical (unpaired) electrons. The number of ether oxygens (including phenoxy) is 1. The highest BCUT2D eigenvalue weighted by Gasteiger charge is 2.22. The summed E-state index contributed by atoms with van der Waals surface area (Å²) in [4.78, 5) is 12.6. The van der Waals surface area contributed by atoms with Crippen molar-refractivity contribution in [2.45, 2.75) is 6.92 Å². The predicted molar refractivity (Wildman–Crippen MR) is 81.0 cm³/mol. The zero-order valence-corrected chi connectivity index (χ0v) is 12.6. The van der Waals surface area contributed by atoms with Crippen LogP contribution in [-0.4, -0.2) is 16.9 Å². The van der Waals surface area contributed by atoms with Crippen molar-refractivity contribution in [3.05, 3.63) is 45.2 Å². The van der Waals surface area contributed by atoms with Gasteiger partial charge in [-0.2, -0.15) is 5.10 Å². The lowest BCUT2D eigenvalue weighted by molar-refractivity contribution is 0.397.